The van der Waals surface area contributed by atoms with Gasteiger partial charge in [0.15, 0.2) is 0 Å². The third-order valence-corrected chi connectivity index (χ3v) is 1.62. The molecule has 4 heteroatoms. The Balaban J connectivity index is 3.82. The van der Waals surface area contributed by atoms with Crippen molar-refractivity contribution in [1.29, 1.82) is 0 Å². The molecule has 0 saturated carbocycles. The minimum atomic E-state index is 0.0324. The van der Waals surface area contributed by atoms with Gasteiger partial charge in [-0.05, 0) is 0 Å². The maximum Gasteiger partial charge on any atom is 0.247 e. The van der Waals surface area contributed by atoms with Gasteiger partial charge in [-0.25, -0.2) is 5.06 Å². The first-order valence-electron chi connectivity index (χ1n) is 3.45. The maximum atomic E-state index is 11.1. The van der Waals surface area contributed by atoms with Gasteiger partial charge in [0, 0.05) is 13.0 Å². The van der Waals surface area contributed by atoms with E-state index in [-0.39, 0.29) is 11.8 Å². The molecule has 0 rings (SSSR count). The number of rotatable bonds is 3. The Morgan fingerprint density at radius 2 is 2.30 bits per heavy atom. The van der Waals surface area contributed by atoms with E-state index < -0.39 is 0 Å². The Bertz CT molecular complexity index is 106. The lowest BCUT2D eigenvalue weighted by molar-refractivity contribution is -0.172. The fraction of sp³-hybridized carbons (Fsp3) is 0.833. The molecule has 0 aliphatic heterocycles. The Hall–Kier alpha value is -0.505. The summed E-state index contributed by atoms with van der Waals surface area (Å²) in [6.45, 7) is 1.89. The molecule has 0 fully saturated rings. The van der Waals surface area contributed by atoms with Gasteiger partial charge >= 0.3 is 0 Å². The third-order valence-electron chi connectivity index (χ3n) is 1.62. The standard InChI is InChI=1S/C6H14BNO2/c1-5(4-7)6(9)8(2)10-3/h5H,4,7H2,1-3H3. The summed E-state index contributed by atoms with van der Waals surface area (Å²) < 4.78 is 0. The van der Waals surface area contributed by atoms with E-state index in [1.165, 1.54) is 12.2 Å². The van der Waals surface area contributed by atoms with Gasteiger partial charge in [-0.15, -0.1) is 0 Å². The van der Waals surface area contributed by atoms with Crippen molar-refractivity contribution in [3.63, 3.8) is 0 Å². The number of carbonyl (C=O) groups is 1. The van der Waals surface area contributed by atoms with Crippen LogP contribution in [-0.4, -0.2) is 33.0 Å². The lowest BCUT2D eigenvalue weighted by Gasteiger charge is -2.17. The Kier molecular flexibility index (Phi) is 4.11. The monoisotopic (exact) mass is 143 g/mol. The summed E-state index contributed by atoms with van der Waals surface area (Å²) >= 11 is 0. The summed E-state index contributed by atoms with van der Waals surface area (Å²) in [5, 5.41) is 1.26. The molecule has 0 aliphatic rings. The first-order chi connectivity index (χ1) is 4.63. The molecule has 0 heterocycles. The van der Waals surface area contributed by atoms with Crippen LogP contribution in [0.5, 0.6) is 0 Å². The number of hydrogen-bond donors (Lipinski definition) is 0. The Morgan fingerprint density at radius 1 is 1.80 bits per heavy atom. The third kappa shape index (κ3) is 2.39. The minimum absolute atomic E-state index is 0.0324. The Morgan fingerprint density at radius 3 is 2.60 bits per heavy atom. The van der Waals surface area contributed by atoms with E-state index in [0.717, 1.165) is 6.32 Å². The van der Waals surface area contributed by atoms with Crippen LogP contribution in [0.1, 0.15) is 6.92 Å². The van der Waals surface area contributed by atoms with Gasteiger partial charge in [0.2, 0.25) is 5.91 Å². The average molecular weight is 143 g/mol. The number of nitrogens with zero attached hydrogens (tertiary/aromatic N) is 1. The molecular formula is C6H14BNO2. The van der Waals surface area contributed by atoms with E-state index >= 15 is 0 Å². The van der Waals surface area contributed by atoms with Crippen molar-refractivity contribution in [3.8, 4) is 0 Å². The number of hydrogen-bond acceptors (Lipinski definition) is 2. The van der Waals surface area contributed by atoms with Crippen molar-refractivity contribution >= 4 is 13.8 Å². The number of amides is 1. The van der Waals surface area contributed by atoms with E-state index in [1.54, 1.807) is 7.05 Å². The molecule has 0 aromatic rings. The molecule has 1 amide bonds. The molecule has 10 heavy (non-hydrogen) atoms. The van der Waals surface area contributed by atoms with E-state index in [9.17, 15) is 4.79 Å². The quantitative estimate of drug-likeness (QED) is 0.400. The maximum absolute atomic E-state index is 11.1. The minimum Gasteiger partial charge on any atom is -0.275 e. The van der Waals surface area contributed by atoms with E-state index in [1.807, 2.05) is 14.8 Å². The molecule has 0 N–H and O–H groups in total. The summed E-state index contributed by atoms with van der Waals surface area (Å²) in [7, 11) is 5.08. The van der Waals surface area contributed by atoms with Crippen LogP contribution in [0, 0.1) is 5.92 Å². The van der Waals surface area contributed by atoms with Gasteiger partial charge in [0.25, 0.3) is 0 Å². The van der Waals surface area contributed by atoms with E-state index in [2.05, 4.69) is 0 Å². The summed E-state index contributed by atoms with van der Waals surface area (Å²) in [4.78, 5) is 15.8. The second kappa shape index (κ2) is 4.33. The molecular weight excluding hydrogens is 129 g/mol. The molecule has 3 nitrogen and oxygen atoms in total. The highest BCUT2D eigenvalue weighted by atomic mass is 16.7. The highest BCUT2D eigenvalue weighted by molar-refractivity contribution is 6.10. The fourth-order valence-electron chi connectivity index (χ4n) is 0.575. The van der Waals surface area contributed by atoms with Crippen LogP contribution in [0.25, 0.3) is 0 Å². The lowest BCUT2D eigenvalue weighted by Crippen LogP contribution is -2.30. The van der Waals surface area contributed by atoms with Crippen molar-refractivity contribution in [2.75, 3.05) is 14.2 Å². The topological polar surface area (TPSA) is 29.5 Å². The van der Waals surface area contributed by atoms with Gasteiger partial charge in [-0.2, -0.15) is 0 Å². The van der Waals surface area contributed by atoms with Gasteiger partial charge in [0.05, 0.1) is 7.11 Å². The van der Waals surface area contributed by atoms with Gasteiger partial charge < -0.3 is 0 Å². The molecule has 1 atom stereocenters. The van der Waals surface area contributed by atoms with Gasteiger partial charge in [0.1, 0.15) is 7.85 Å². The van der Waals surface area contributed by atoms with E-state index in [4.69, 9.17) is 4.84 Å². The zero-order valence-electron chi connectivity index (χ0n) is 7.05. The highest BCUT2D eigenvalue weighted by Gasteiger charge is 2.14. The molecule has 0 spiro atoms. The van der Waals surface area contributed by atoms with Gasteiger partial charge in [-0.3, -0.25) is 9.63 Å². The van der Waals surface area contributed by atoms with Crippen molar-refractivity contribution in [2.24, 2.45) is 5.92 Å². The SMILES string of the molecule is BCC(C)C(=O)N(C)OC. The first kappa shape index (κ1) is 9.49. The molecule has 0 aromatic heterocycles. The molecule has 1 unspecified atom stereocenters. The zero-order valence-corrected chi connectivity index (χ0v) is 7.05. The molecule has 0 bridgehead atoms. The Labute approximate surface area is 62.7 Å². The predicted octanol–water partition coefficient (Wildman–Crippen LogP) is -0.306. The van der Waals surface area contributed by atoms with Crippen LogP contribution >= 0.6 is 0 Å². The van der Waals surface area contributed by atoms with Crippen molar-refractivity contribution < 1.29 is 9.63 Å². The number of hydroxylamine groups is 2. The van der Waals surface area contributed by atoms with Crippen molar-refractivity contribution in [3.05, 3.63) is 0 Å². The largest absolute Gasteiger partial charge is 0.275 e. The van der Waals surface area contributed by atoms with Crippen molar-refractivity contribution in [2.45, 2.75) is 13.2 Å². The first-order valence-corrected chi connectivity index (χ1v) is 3.45. The van der Waals surface area contributed by atoms with Crippen LogP contribution in [0.3, 0.4) is 0 Å². The summed E-state index contributed by atoms with van der Waals surface area (Å²) in [6, 6.07) is 0. The summed E-state index contributed by atoms with van der Waals surface area (Å²) in [6.07, 6.45) is 0.854. The fourth-order valence-corrected chi connectivity index (χ4v) is 0.575. The summed E-state index contributed by atoms with van der Waals surface area (Å²) in [5.74, 6) is 0.0925. The van der Waals surface area contributed by atoms with Crippen LogP contribution in [0.15, 0.2) is 0 Å². The second-order valence-electron chi connectivity index (χ2n) is 2.33. The highest BCUT2D eigenvalue weighted by Crippen LogP contribution is 2.03. The lowest BCUT2D eigenvalue weighted by atomic mass is 9.92. The molecule has 0 saturated heterocycles. The predicted molar refractivity (Wildman–Crippen MR) is 42.3 cm³/mol. The number of carbonyl (C=O) groups excluding carboxylic acids is 1. The smallest absolute Gasteiger partial charge is 0.247 e. The van der Waals surface area contributed by atoms with Crippen LogP contribution in [0.2, 0.25) is 6.32 Å². The van der Waals surface area contributed by atoms with Crippen LogP contribution < -0.4 is 0 Å². The van der Waals surface area contributed by atoms with Crippen molar-refractivity contribution in [1.82, 2.24) is 5.06 Å². The molecule has 0 radical (unpaired) electrons. The zero-order chi connectivity index (χ0) is 8.15. The summed E-state index contributed by atoms with van der Waals surface area (Å²) in [5.41, 5.74) is 0. The normalized spacial score (nSPS) is 12.7. The van der Waals surface area contributed by atoms with Gasteiger partial charge in [-0.1, -0.05) is 13.2 Å². The molecule has 58 valence electrons. The van der Waals surface area contributed by atoms with Crippen LogP contribution in [0.4, 0.5) is 0 Å². The molecule has 0 aromatic carbocycles. The van der Waals surface area contributed by atoms with E-state index in [0.29, 0.717) is 0 Å². The molecule has 0 aliphatic carbocycles. The van der Waals surface area contributed by atoms with Crippen LogP contribution in [-0.2, 0) is 9.63 Å². The average Bonchev–Trinajstić information content (AvgIpc) is 2.00. The second-order valence-corrected chi connectivity index (χ2v) is 2.33.